The summed E-state index contributed by atoms with van der Waals surface area (Å²) in [6, 6.07) is 8.44. The molecule has 0 saturated carbocycles. The van der Waals surface area contributed by atoms with Crippen molar-refractivity contribution in [1.29, 1.82) is 0 Å². The fourth-order valence-corrected chi connectivity index (χ4v) is 4.48. The molecule has 1 aromatic heterocycles. The highest BCUT2D eigenvalue weighted by atomic mass is 32.1. The molecule has 0 aliphatic carbocycles. The molecule has 34 heavy (non-hydrogen) atoms. The third-order valence-corrected chi connectivity index (χ3v) is 6.42. The molecule has 3 amide bonds. The number of benzene rings is 1. The lowest BCUT2D eigenvalue weighted by molar-refractivity contribution is -0.169. The molecule has 0 bridgehead atoms. The van der Waals surface area contributed by atoms with Crippen molar-refractivity contribution in [3.05, 3.63) is 47.5 Å². The number of anilines is 1. The number of amides is 3. The third-order valence-electron chi connectivity index (χ3n) is 5.73. The van der Waals surface area contributed by atoms with E-state index in [0.717, 1.165) is 12.0 Å². The van der Waals surface area contributed by atoms with Crippen molar-refractivity contribution in [2.24, 2.45) is 11.3 Å². The number of carbonyl (C=O) groups excluding carboxylic acids is 3. The molecule has 0 aliphatic heterocycles. The molecular formula is C25H36N4O4S. The van der Waals surface area contributed by atoms with Crippen LogP contribution in [0.25, 0.3) is 0 Å². The molecule has 3 atom stereocenters. The van der Waals surface area contributed by atoms with Crippen LogP contribution in [-0.4, -0.2) is 45.6 Å². The van der Waals surface area contributed by atoms with Crippen LogP contribution < -0.4 is 10.6 Å². The Balaban J connectivity index is 2.21. The van der Waals surface area contributed by atoms with Gasteiger partial charge in [0.25, 0.3) is 0 Å². The second kappa shape index (κ2) is 13.2. The first-order chi connectivity index (χ1) is 16.2. The number of nitrogens with one attached hydrogen (secondary N) is 2. The molecule has 0 saturated heterocycles. The van der Waals surface area contributed by atoms with Gasteiger partial charge in [-0.3, -0.25) is 19.6 Å². The van der Waals surface area contributed by atoms with E-state index < -0.39 is 23.4 Å². The molecule has 0 spiro atoms. The van der Waals surface area contributed by atoms with Gasteiger partial charge in [-0.25, -0.2) is 10.0 Å². The van der Waals surface area contributed by atoms with Gasteiger partial charge < -0.3 is 10.6 Å². The number of nitrogens with zero attached hydrogens (tertiary/aromatic N) is 2. The summed E-state index contributed by atoms with van der Waals surface area (Å²) >= 11 is 1.30. The summed E-state index contributed by atoms with van der Waals surface area (Å²) in [5, 5.41) is 18.7. The number of aromatic nitrogens is 1. The van der Waals surface area contributed by atoms with Crippen molar-refractivity contribution < 1.29 is 19.6 Å². The van der Waals surface area contributed by atoms with Crippen LogP contribution in [0.2, 0.25) is 0 Å². The van der Waals surface area contributed by atoms with Gasteiger partial charge in [0, 0.05) is 11.6 Å². The minimum atomic E-state index is -0.828. The highest BCUT2D eigenvalue weighted by molar-refractivity contribution is 7.13. The van der Waals surface area contributed by atoms with E-state index >= 15 is 0 Å². The van der Waals surface area contributed by atoms with Crippen LogP contribution in [0.15, 0.2) is 41.9 Å². The highest BCUT2D eigenvalue weighted by Crippen LogP contribution is 2.25. The summed E-state index contributed by atoms with van der Waals surface area (Å²) in [4.78, 5) is 42.0. The van der Waals surface area contributed by atoms with Gasteiger partial charge in [-0.1, -0.05) is 64.4 Å². The van der Waals surface area contributed by atoms with E-state index in [4.69, 9.17) is 0 Å². The Morgan fingerprint density at radius 3 is 2.44 bits per heavy atom. The van der Waals surface area contributed by atoms with Crippen LogP contribution in [-0.2, 0) is 20.8 Å². The molecule has 0 aliphatic rings. The van der Waals surface area contributed by atoms with Crippen molar-refractivity contribution in [2.75, 3.05) is 5.32 Å². The first-order valence-electron chi connectivity index (χ1n) is 11.6. The molecule has 2 rings (SSSR count). The van der Waals surface area contributed by atoms with Gasteiger partial charge in [0.15, 0.2) is 5.13 Å². The molecule has 3 N–H and O–H groups in total. The van der Waals surface area contributed by atoms with Crippen LogP contribution in [0.4, 0.5) is 5.13 Å². The minimum Gasteiger partial charge on any atom is -0.343 e. The topological polar surface area (TPSA) is 112 Å². The molecule has 0 fully saturated rings. The van der Waals surface area contributed by atoms with Crippen molar-refractivity contribution in [3.8, 4) is 0 Å². The zero-order chi connectivity index (χ0) is 25.1. The van der Waals surface area contributed by atoms with Crippen molar-refractivity contribution in [2.45, 2.75) is 71.9 Å². The summed E-state index contributed by atoms with van der Waals surface area (Å²) < 4.78 is 0. The molecule has 1 aromatic carbocycles. The molecule has 0 radical (unpaired) electrons. The number of carbonyl (C=O) groups is 3. The van der Waals surface area contributed by atoms with Crippen LogP contribution >= 0.6 is 11.3 Å². The fourth-order valence-electron chi connectivity index (χ4n) is 3.95. The van der Waals surface area contributed by atoms with E-state index in [9.17, 15) is 19.6 Å². The molecule has 186 valence electrons. The average Bonchev–Trinajstić information content (AvgIpc) is 3.31. The Hall–Kier alpha value is -2.78. The molecular weight excluding hydrogens is 452 g/mol. The van der Waals surface area contributed by atoms with Gasteiger partial charge in [-0.05, 0) is 36.7 Å². The molecule has 0 unspecified atom stereocenters. The number of thiazole rings is 1. The van der Waals surface area contributed by atoms with Crippen LogP contribution in [0.3, 0.4) is 0 Å². The van der Waals surface area contributed by atoms with Gasteiger partial charge >= 0.3 is 0 Å². The third kappa shape index (κ3) is 8.22. The van der Waals surface area contributed by atoms with E-state index in [-0.39, 0.29) is 11.8 Å². The maximum atomic E-state index is 13.5. The number of rotatable bonds is 13. The normalized spacial score (nSPS) is 14.0. The Kier molecular flexibility index (Phi) is 10.7. The summed E-state index contributed by atoms with van der Waals surface area (Å²) in [5.74, 6) is -1.39. The lowest BCUT2D eigenvalue weighted by atomic mass is 9.84. The van der Waals surface area contributed by atoms with E-state index in [1.807, 2.05) is 58.0 Å². The Labute approximate surface area is 205 Å². The predicted octanol–water partition coefficient (Wildman–Crippen LogP) is 4.27. The lowest BCUT2D eigenvalue weighted by Gasteiger charge is -2.34. The number of hydrogen-bond acceptors (Lipinski definition) is 6. The molecule has 1 heterocycles. The van der Waals surface area contributed by atoms with Crippen molar-refractivity contribution >= 4 is 34.7 Å². The maximum Gasteiger partial charge on any atom is 0.249 e. The van der Waals surface area contributed by atoms with Crippen LogP contribution in [0, 0.1) is 11.3 Å². The second-order valence-corrected chi connectivity index (χ2v) is 10.4. The van der Waals surface area contributed by atoms with Crippen molar-refractivity contribution in [3.63, 3.8) is 0 Å². The molecule has 9 heteroatoms. The molecule has 8 nitrogen and oxygen atoms in total. The van der Waals surface area contributed by atoms with E-state index in [2.05, 4.69) is 15.6 Å². The maximum absolute atomic E-state index is 13.5. The van der Waals surface area contributed by atoms with Crippen molar-refractivity contribution in [1.82, 2.24) is 15.4 Å². The Morgan fingerprint density at radius 2 is 1.88 bits per heavy atom. The summed E-state index contributed by atoms with van der Waals surface area (Å²) in [7, 11) is 0. The fraction of sp³-hybridized carbons (Fsp3) is 0.520. The van der Waals surface area contributed by atoms with Gasteiger partial charge in [0.1, 0.15) is 6.04 Å². The average molecular weight is 489 g/mol. The Bertz CT molecular complexity index is 899. The zero-order valence-corrected chi connectivity index (χ0v) is 21.2. The van der Waals surface area contributed by atoms with E-state index in [1.54, 1.807) is 11.6 Å². The predicted molar refractivity (Wildman–Crippen MR) is 133 cm³/mol. The highest BCUT2D eigenvalue weighted by Gasteiger charge is 2.38. The standard InChI is InChI=1S/C25H36N4O4S/c1-5-10-20(29(33)17-30)19(14-9-13-18-11-7-6-8-12-18)22(31)27-21(25(2,3)4)23(32)28-24-26-15-16-34-24/h6-8,11-12,15-17,19-21,33H,5,9-10,13-14H2,1-4H3,(H,27,31)(H,26,28,32)/t19-,20+,21-/m1/s1. The largest absolute Gasteiger partial charge is 0.343 e. The van der Waals surface area contributed by atoms with Gasteiger partial charge in [-0.15, -0.1) is 11.3 Å². The lowest BCUT2D eigenvalue weighted by Crippen LogP contribution is -2.55. The molecule has 2 aromatic rings. The minimum absolute atomic E-state index is 0.341. The SMILES string of the molecule is CCC[C@@H]([C@@H](CCCc1ccccc1)C(=O)N[C@H](C(=O)Nc1nccs1)C(C)(C)C)N(O)C=O. The van der Waals surface area contributed by atoms with E-state index in [0.29, 0.717) is 42.3 Å². The number of hydroxylamine groups is 2. The van der Waals surface area contributed by atoms with Gasteiger partial charge in [0.05, 0.1) is 12.0 Å². The number of hydrogen-bond donors (Lipinski definition) is 3. The Morgan fingerprint density at radius 1 is 1.18 bits per heavy atom. The second-order valence-electron chi connectivity index (χ2n) is 9.46. The van der Waals surface area contributed by atoms with Crippen LogP contribution in [0.1, 0.15) is 58.9 Å². The summed E-state index contributed by atoms with van der Waals surface area (Å²) in [5.41, 5.74) is 0.579. The summed E-state index contributed by atoms with van der Waals surface area (Å²) in [6.07, 6.45) is 5.01. The first-order valence-corrected chi connectivity index (χ1v) is 12.5. The van der Waals surface area contributed by atoms with Gasteiger partial charge in [0.2, 0.25) is 18.2 Å². The summed E-state index contributed by atoms with van der Waals surface area (Å²) in [6.45, 7) is 7.55. The smallest absolute Gasteiger partial charge is 0.249 e. The van der Waals surface area contributed by atoms with Gasteiger partial charge in [-0.2, -0.15) is 0 Å². The zero-order valence-electron chi connectivity index (χ0n) is 20.4. The first kappa shape index (κ1) is 27.5. The number of aryl methyl sites for hydroxylation is 1. The quantitative estimate of drug-likeness (QED) is 0.221. The van der Waals surface area contributed by atoms with Crippen LogP contribution in [0.5, 0.6) is 0 Å². The van der Waals surface area contributed by atoms with E-state index in [1.165, 1.54) is 11.3 Å². The monoisotopic (exact) mass is 488 g/mol.